The monoisotopic (exact) mass is 220 g/mol. The van der Waals surface area contributed by atoms with Crippen molar-refractivity contribution in [1.29, 1.82) is 0 Å². The first-order valence-corrected chi connectivity index (χ1v) is 5.96. The Labute approximate surface area is 97.4 Å². The molecule has 0 spiro atoms. The highest BCUT2D eigenvalue weighted by Gasteiger charge is 2.19. The lowest BCUT2D eigenvalue weighted by Gasteiger charge is -2.34. The SMILES string of the molecule is CCN(C[C@@H]1CCN1)c1cccc(OC)c1. The van der Waals surface area contributed by atoms with Crippen molar-refractivity contribution in [2.75, 3.05) is 31.6 Å². The third-order valence-corrected chi connectivity index (χ3v) is 3.17. The van der Waals surface area contributed by atoms with Crippen LogP contribution >= 0.6 is 0 Å². The Morgan fingerprint density at radius 3 is 2.88 bits per heavy atom. The molecular formula is C13H20N2O. The van der Waals surface area contributed by atoms with E-state index in [4.69, 9.17) is 4.74 Å². The summed E-state index contributed by atoms with van der Waals surface area (Å²) in [6.45, 7) is 5.48. The second-order valence-corrected chi connectivity index (χ2v) is 4.18. The summed E-state index contributed by atoms with van der Waals surface area (Å²) in [6, 6.07) is 8.93. The van der Waals surface area contributed by atoms with E-state index in [1.165, 1.54) is 18.7 Å². The number of rotatable bonds is 5. The minimum absolute atomic E-state index is 0.658. The summed E-state index contributed by atoms with van der Waals surface area (Å²) in [5.74, 6) is 0.928. The van der Waals surface area contributed by atoms with Crippen LogP contribution in [0, 0.1) is 0 Å². The van der Waals surface area contributed by atoms with E-state index >= 15 is 0 Å². The number of hydrogen-bond acceptors (Lipinski definition) is 3. The normalized spacial score (nSPS) is 19.0. The van der Waals surface area contributed by atoms with Gasteiger partial charge in [0.2, 0.25) is 0 Å². The molecule has 0 aliphatic carbocycles. The fraction of sp³-hybridized carbons (Fsp3) is 0.538. The largest absolute Gasteiger partial charge is 0.497 e. The molecule has 1 saturated heterocycles. The van der Waals surface area contributed by atoms with Crippen molar-refractivity contribution in [3.05, 3.63) is 24.3 Å². The number of ether oxygens (including phenoxy) is 1. The van der Waals surface area contributed by atoms with Gasteiger partial charge >= 0.3 is 0 Å². The molecule has 3 heteroatoms. The van der Waals surface area contributed by atoms with Crippen molar-refractivity contribution in [3.8, 4) is 5.75 Å². The Balaban J connectivity index is 2.05. The van der Waals surface area contributed by atoms with Crippen LogP contribution < -0.4 is 15.0 Å². The molecule has 1 aliphatic heterocycles. The van der Waals surface area contributed by atoms with Gasteiger partial charge in [-0.2, -0.15) is 0 Å². The zero-order valence-electron chi connectivity index (χ0n) is 10.1. The summed E-state index contributed by atoms with van der Waals surface area (Å²) < 4.78 is 5.25. The molecule has 0 saturated carbocycles. The molecule has 3 nitrogen and oxygen atoms in total. The van der Waals surface area contributed by atoms with Crippen LogP contribution in [0.15, 0.2) is 24.3 Å². The molecule has 88 valence electrons. The van der Waals surface area contributed by atoms with Crippen molar-refractivity contribution >= 4 is 5.69 Å². The van der Waals surface area contributed by atoms with E-state index < -0.39 is 0 Å². The second-order valence-electron chi connectivity index (χ2n) is 4.18. The van der Waals surface area contributed by atoms with Crippen LogP contribution in [0.5, 0.6) is 5.75 Å². The molecule has 1 heterocycles. The number of benzene rings is 1. The van der Waals surface area contributed by atoms with Gasteiger partial charge in [-0.1, -0.05) is 6.07 Å². The first-order chi connectivity index (χ1) is 7.83. The number of hydrogen-bond donors (Lipinski definition) is 1. The zero-order chi connectivity index (χ0) is 11.4. The quantitative estimate of drug-likeness (QED) is 0.820. The third kappa shape index (κ3) is 2.47. The average molecular weight is 220 g/mol. The minimum atomic E-state index is 0.658. The lowest BCUT2D eigenvalue weighted by Crippen LogP contribution is -2.50. The molecule has 16 heavy (non-hydrogen) atoms. The Morgan fingerprint density at radius 1 is 1.50 bits per heavy atom. The first-order valence-electron chi connectivity index (χ1n) is 5.96. The van der Waals surface area contributed by atoms with Gasteiger partial charge in [-0.05, 0) is 32.0 Å². The number of methoxy groups -OCH3 is 1. The molecule has 0 bridgehead atoms. The van der Waals surface area contributed by atoms with Gasteiger partial charge in [0, 0.05) is 30.9 Å². The maximum atomic E-state index is 5.25. The van der Waals surface area contributed by atoms with Crippen LogP contribution in [0.25, 0.3) is 0 Å². The average Bonchev–Trinajstić information content (AvgIpc) is 2.28. The highest BCUT2D eigenvalue weighted by molar-refractivity contribution is 5.50. The van der Waals surface area contributed by atoms with Crippen LogP contribution in [-0.4, -0.2) is 32.8 Å². The minimum Gasteiger partial charge on any atom is -0.497 e. The maximum Gasteiger partial charge on any atom is 0.120 e. The lowest BCUT2D eigenvalue weighted by molar-refractivity contribution is 0.371. The van der Waals surface area contributed by atoms with E-state index in [1.807, 2.05) is 12.1 Å². The third-order valence-electron chi connectivity index (χ3n) is 3.17. The Kier molecular flexibility index (Phi) is 3.67. The van der Waals surface area contributed by atoms with Crippen molar-refractivity contribution in [1.82, 2.24) is 5.32 Å². The molecule has 0 radical (unpaired) electrons. The summed E-state index contributed by atoms with van der Waals surface area (Å²) in [5.41, 5.74) is 1.25. The van der Waals surface area contributed by atoms with Gasteiger partial charge in [-0.15, -0.1) is 0 Å². The number of likely N-dealkylation sites (N-methyl/N-ethyl adjacent to an activating group) is 1. The predicted octanol–water partition coefficient (Wildman–Crippen LogP) is 1.88. The molecule has 1 N–H and O–H groups in total. The summed E-state index contributed by atoms with van der Waals surface area (Å²) in [4.78, 5) is 2.39. The smallest absolute Gasteiger partial charge is 0.120 e. The summed E-state index contributed by atoms with van der Waals surface area (Å²) >= 11 is 0. The molecule has 0 unspecified atom stereocenters. The summed E-state index contributed by atoms with van der Waals surface area (Å²) in [5, 5.41) is 3.44. The van der Waals surface area contributed by atoms with Gasteiger partial charge in [-0.3, -0.25) is 0 Å². The van der Waals surface area contributed by atoms with E-state index in [-0.39, 0.29) is 0 Å². The van der Waals surface area contributed by atoms with Gasteiger partial charge < -0.3 is 15.0 Å². The van der Waals surface area contributed by atoms with E-state index in [2.05, 4.69) is 29.3 Å². The van der Waals surface area contributed by atoms with E-state index in [9.17, 15) is 0 Å². The van der Waals surface area contributed by atoms with Crippen molar-refractivity contribution in [2.24, 2.45) is 0 Å². The molecule has 1 atom stereocenters. The first kappa shape index (κ1) is 11.3. The van der Waals surface area contributed by atoms with Gasteiger partial charge in [0.05, 0.1) is 7.11 Å². The number of anilines is 1. The van der Waals surface area contributed by atoms with Crippen molar-refractivity contribution in [3.63, 3.8) is 0 Å². The lowest BCUT2D eigenvalue weighted by atomic mass is 10.1. The molecule has 1 aromatic carbocycles. The van der Waals surface area contributed by atoms with Gasteiger partial charge in [0.15, 0.2) is 0 Å². The van der Waals surface area contributed by atoms with Gasteiger partial charge in [0.1, 0.15) is 5.75 Å². The van der Waals surface area contributed by atoms with Crippen LogP contribution in [0.2, 0.25) is 0 Å². The standard InChI is InChI=1S/C13H20N2O/c1-3-15(10-11-7-8-14-11)12-5-4-6-13(9-12)16-2/h4-6,9,11,14H,3,7-8,10H2,1-2H3/t11-/m0/s1. The van der Waals surface area contributed by atoms with Crippen LogP contribution in [0.4, 0.5) is 5.69 Å². The molecule has 1 aromatic rings. The fourth-order valence-corrected chi connectivity index (χ4v) is 1.99. The van der Waals surface area contributed by atoms with Crippen LogP contribution in [0.3, 0.4) is 0 Å². The van der Waals surface area contributed by atoms with Crippen LogP contribution in [0.1, 0.15) is 13.3 Å². The zero-order valence-corrected chi connectivity index (χ0v) is 10.1. The Hall–Kier alpha value is -1.22. The van der Waals surface area contributed by atoms with E-state index in [0.717, 1.165) is 18.8 Å². The predicted molar refractivity (Wildman–Crippen MR) is 67.3 cm³/mol. The Morgan fingerprint density at radius 2 is 2.31 bits per heavy atom. The second kappa shape index (κ2) is 5.21. The molecule has 2 rings (SSSR count). The highest BCUT2D eigenvalue weighted by atomic mass is 16.5. The molecule has 0 aromatic heterocycles. The van der Waals surface area contributed by atoms with E-state index in [0.29, 0.717) is 6.04 Å². The summed E-state index contributed by atoms with van der Waals surface area (Å²) in [7, 11) is 1.71. The van der Waals surface area contributed by atoms with Crippen LogP contribution in [-0.2, 0) is 0 Å². The number of nitrogens with one attached hydrogen (secondary N) is 1. The van der Waals surface area contributed by atoms with Crippen molar-refractivity contribution < 1.29 is 4.74 Å². The van der Waals surface area contributed by atoms with Gasteiger partial charge in [-0.25, -0.2) is 0 Å². The van der Waals surface area contributed by atoms with Crippen molar-refractivity contribution in [2.45, 2.75) is 19.4 Å². The molecule has 1 aliphatic rings. The molecular weight excluding hydrogens is 200 g/mol. The van der Waals surface area contributed by atoms with Gasteiger partial charge in [0.25, 0.3) is 0 Å². The Bertz CT molecular complexity index is 336. The molecule has 1 fully saturated rings. The van der Waals surface area contributed by atoms with E-state index in [1.54, 1.807) is 7.11 Å². The fourth-order valence-electron chi connectivity index (χ4n) is 1.99. The maximum absolute atomic E-state index is 5.25. The molecule has 0 amide bonds. The highest BCUT2D eigenvalue weighted by Crippen LogP contribution is 2.21. The topological polar surface area (TPSA) is 24.5 Å². The summed E-state index contributed by atoms with van der Waals surface area (Å²) in [6.07, 6.45) is 1.29. The number of nitrogens with zero attached hydrogens (tertiary/aromatic N) is 1.